The Morgan fingerprint density at radius 1 is 1.62 bits per heavy atom. The van der Waals surface area contributed by atoms with E-state index in [1.54, 1.807) is 6.92 Å². The number of nitrogens with two attached hydrogens (primary N) is 1. The number of hydrogen-bond acceptors (Lipinski definition) is 2. The predicted octanol–water partition coefficient (Wildman–Crippen LogP) is 1.98. The van der Waals surface area contributed by atoms with Crippen LogP contribution in [-0.4, -0.2) is 18.5 Å². The molecule has 0 radical (unpaired) electrons. The molecular weight excluding hydrogens is 254 g/mol. The van der Waals surface area contributed by atoms with Crippen LogP contribution < -0.4 is 11.1 Å². The molecule has 0 fully saturated rings. The van der Waals surface area contributed by atoms with Crippen LogP contribution in [-0.2, 0) is 0 Å². The summed E-state index contributed by atoms with van der Waals surface area (Å²) in [6.07, 6.45) is 0. The molecule has 0 aromatic heterocycles. The molecule has 0 unspecified atom stereocenters. The summed E-state index contributed by atoms with van der Waals surface area (Å²) in [5, 5.41) is 2.48. The molecule has 1 aromatic rings. The molecular formula is C10H13Cl2FN2O. The van der Waals surface area contributed by atoms with Gasteiger partial charge in [0.15, 0.2) is 5.82 Å². The van der Waals surface area contributed by atoms with E-state index in [2.05, 4.69) is 5.32 Å². The molecule has 0 aliphatic rings. The van der Waals surface area contributed by atoms with Crippen LogP contribution in [0.4, 0.5) is 4.39 Å². The van der Waals surface area contributed by atoms with E-state index >= 15 is 0 Å². The second kappa shape index (κ2) is 6.68. The molecule has 3 nitrogen and oxygen atoms in total. The molecule has 90 valence electrons. The molecule has 0 saturated carbocycles. The van der Waals surface area contributed by atoms with Crippen LogP contribution in [0.25, 0.3) is 0 Å². The molecule has 1 atom stereocenters. The summed E-state index contributed by atoms with van der Waals surface area (Å²) in [5.41, 5.74) is 5.26. The van der Waals surface area contributed by atoms with Gasteiger partial charge in [-0.3, -0.25) is 4.79 Å². The third kappa shape index (κ3) is 3.63. The first-order valence-corrected chi connectivity index (χ1v) is 4.89. The summed E-state index contributed by atoms with van der Waals surface area (Å²) in [6, 6.07) is 4.09. The van der Waals surface area contributed by atoms with Gasteiger partial charge in [0.25, 0.3) is 5.91 Å². The smallest absolute Gasteiger partial charge is 0.254 e. The van der Waals surface area contributed by atoms with Gasteiger partial charge in [0.05, 0.1) is 10.6 Å². The Morgan fingerprint density at radius 3 is 2.81 bits per heavy atom. The molecule has 0 aliphatic carbocycles. The van der Waals surface area contributed by atoms with Gasteiger partial charge in [-0.05, 0) is 19.1 Å². The lowest BCUT2D eigenvalue weighted by Crippen LogP contribution is -2.38. The van der Waals surface area contributed by atoms with Gasteiger partial charge in [-0.25, -0.2) is 4.39 Å². The summed E-state index contributed by atoms with van der Waals surface area (Å²) >= 11 is 5.55. The van der Waals surface area contributed by atoms with Gasteiger partial charge in [-0.15, -0.1) is 12.4 Å². The van der Waals surface area contributed by atoms with Crippen LogP contribution in [0.15, 0.2) is 18.2 Å². The minimum Gasteiger partial charge on any atom is -0.348 e. The molecule has 1 aromatic carbocycles. The molecule has 3 N–H and O–H groups in total. The van der Waals surface area contributed by atoms with Crippen molar-refractivity contribution in [3.05, 3.63) is 34.6 Å². The zero-order valence-corrected chi connectivity index (χ0v) is 10.2. The van der Waals surface area contributed by atoms with E-state index in [-0.39, 0.29) is 29.0 Å². The Bertz CT molecular complexity index is 374. The summed E-state index contributed by atoms with van der Waals surface area (Å²) in [4.78, 5) is 11.5. The van der Waals surface area contributed by atoms with Gasteiger partial charge in [-0.2, -0.15) is 0 Å². The topological polar surface area (TPSA) is 55.1 Å². The summed E-state index contributed by atoms with van der Waals surface area (Å²) in [7, 11) is 0. The maximum absolute atomic E-state index is 13.4. The third-order valence-electron chi connectivity index (χ3n) is 1.93. The predicted molar refractivity (Wildman–Crippen MR) is 64.6 cm³/mol. The van der Waals surface area contributed by atoms with Crippen molar-refractivity contribution < 1.29 is 9.18 Å². The van der Waals surface area contributed by atoms with Crippen molar-refractivity contribution >= 4 is 29.9 Å². The summed E-state index contributed by atoms with van der Waals surface area (Å²) in [5.74, 6) is -1.21. The Balaban J connectivity index is 0.00000225. The fraction of sp³-hybridized carbons (Fsp3) is 0.300. The van der Waals surface area contributed by atoms with E-state index in [0.29, 0.717) is 6.54 Å². The van der Waals surface area contributed by atoms with Crippen molar-refractivity contribution in [1.82, 2.24) is 5.32 Å². The Labute approximate surface area is 105 Å². The van der Waals surface area contributed by atoms with Crippen LogP contribution in [0.2, 0.25) is 5.02 Å². The third-order valence-corrected chi connectivity index (χ3v) is 2.22. The molecule has 16 heavy (non-hydrogen) atoms. The van der Waals surface area contributed by atoms with Crippen molar-refractivity contribution in [1.29, 1.82) is 0 Å². The molecule has 6 heteroatoms. The number of amides is 1. The van der Waals surface area contributed by atoms with Crippen molar-refractivity contribution in [2.45, 2.75) is 13.0 Å². The monoisotopic (exact) mass is 266 g/mol. The zero-order valence-electron chi connectivity index (χ0n) is 8.67. The van der Waals surface area contributed by atoms with Gasteiger partial charge >= 0.3 is 0 Å². The lowest BCUT2D eigenvalue weighted by Gasteiger charge is -2.11. The minimum atomic E-state index is -0.708. The standard InChI is InChI=1S/C10H12ClFN2O.ClH/c1-6(5-13)14-10(15)7-3-2-4-8(11)9(7)12;/h2-4,6H,5,13H2,1H3,(H,14,15);1H/t6-;/m1./s1. The minimum absolute atomic E-state index is 0. The van der Waals surface area contributed by atoms with Crippen LogP contribution in [0.3, 0.4) is 0 Å². The Kier molecular flexibility index (Phi) is 6.33. The highest BCUT2D eigenvalue weighted by Crippen LogP contribution is 2.17. The number of carbonyl (C=O) groups is 1. The largest absolute Gasteiger partial charge is 0.348 e. The number of hydrogen-bond donors (Lipinski definition) is 2. The molecule has 0 saturated heterocycles. The first-order valence-electron chi connectivity index (χ1n) is 4.51. The maximum atomic E-state index is 13.4. The first kappa shape index (κ1) is 15.2. The van der Waals surface area contributed by atoms with E-state index in [4.69, 9.17) is 17.3 Å². The normalized spacial score (nSPS) is 11.5. The number of rotatable bonds is 3. The van der Waals surface area contributed by atoms with E-state index < -0.39 is 11.7 Å². The van der Waals surface area contributed by atoms with Crippen LogP contribution >= 0.6 is 24.0 Å². The van der Waals surface area contributed by atoms with Gasteiger partial charge in [0.2, 0.25) is 0 Å². The molecule has 0 spiro atoms. The molecule has 0 aliphatic heterocycles. The van der Waals surface area contributed by atoms with Gasteiger partial charge in [0.1, 0.15) is 0 Å². The first-order chi connectivity index (χ1) is 7.06. The lowest BCUT2D eigenvalue weighted by atomic mass is 10.2. The molecule has 1 amide bonds. The molecule has 0 heterocycles. The molecule has 1 rings (SSSR count). The fourth-order valence-corrected chi connectivity index (χ4v) is 1.21. The van der Waals surface area contributed by atoms with E-state index in [9.17, 15) is 9.18 Å². The summed E-state index contributed by atoms with van der Waals surface area (Å²) in [6.45, 7) is 2.04. The van der Waals surface area contributed by atoms with Crippen molar-refractivity contribution in [2.75, 3.05) is 6.54 Å². The quantitative estimate of drug-likeness (QED) is 0.879. The van der Waals surface area contributed by atoms with Crippen molar-refractivity contribution in [3.8, 4) is 0 Å². The number of carbonyl (C=O) groups excluding carboxylic acids is 1. The second-order valence-electron chi connectivity index (χ2n) is 3.21. The van der Waals surface area contributed by atoms with Gasteiger partial charge in [0, 0.05) is 12.6 Å². The van der Waals surface area contributed by atoms with E-state index in [1.807, 2.05) is 0 Å². The second-order valence-corrected chi connectivity index (χ2v) is 3.62. The van der Waals surface area contributed by atoms with E-state index in [0.717, 1.165) is 0 Å². The van der Waals surface area contributed by atoms with Crippen LogP contribution in [0, 0.1) is 5.82 Å². The highest BCUT2D eigenvalue weighted by molar-refractivity contribution is 6.31. The fourth-order valence-electron chi connectivity index (χ4n) is 1.04. The Hall–Kier alpha value is -0.840. The lowest BCUT2D eigenvalue weighted by molar-refractivity contribution is 0.0937. The Morgan fingerprint density at radius 2 is 2.25 bits per heavy atom. The van der Waals surface area contributed by atoms with Crippen LogP contribution in [0.1, 0.15) is 17.3 Å². The zero-order chi connectivity index (χ0) is 11.4. The van der Waals surface area contributed by atoms with Gasteiger partial charge in [-0.1, -0.05) is 17.7 Å². The highest BCUT2D eigenvalue weighted by Gasteiger charge is 2.15. The maximum Gasteiger partial charge on any atom is 0.254 e. The number of nitrogens with one attached hydrogen (secondary N) is 1. The average molecular weight is 267 g/mol. The SMILES string of the molecule is C[C@H](CN)NC(=O)c1cccc(Cl)c1F.Cl. The number of halogens is 3. The van der Waals surface area contributed by atoms with Crippen molar-refractivity contribution in [3.63, 3.8) is 0 Å². The molecule has 0 bridgehead atoms. The highest BCUT2D eigenvalue weighted by atomic mass is 35.5. The van der Waals surface area contributed by atoms with E-state index in [1.165, 1.54) is 18.2 Å². The average Bonchev–Trinajstić information content (AvgIpc) is 2.21. The van der Waals surface area contributed by atoms with Gasteiger partial charge < -0.3 is 11.1 Å². The van der Waals surface area contributed by atoms with Crippen molar-refractivity contribution in [2.24, 2.45) is 5.73 Å². The number of benzene rings is 1. The summed E-state index contributed by atoms with van der Waals surface area (Å²) < 4.78 is 13.4. The van der Waals surface area contributed by atoms with Crippen LogP contribution in [0.5, 0.6) is 0 Å².